The van der Waals surface area contributed by atoms with Crippen molar-refractivity contribution in [3.63, 3.8) is 0 Å². The predicted molar refractivity (Wildman–Crippen MR) is 116 cm³/mol. The summed E-state index contributed by atoms with van der Waals surface area (Å²) in [7, 11) is 3.46. The number of nitrogens with one attached hydrogen (secondary N) is 2. The number of guanidine groups is 1. The first-order chi connectivity index (χ1) is 12.1. The van der Waals surface area contributed by atoms with Crippen LogP contribution in [0.25, 0.3) is 0 Å². The van der Waals surface area contributed by atoms with Gasteiger partial charge in [-0.25, -0.2) is 0 Å². The van der Waals surface area contributed by atoms with Gasteiger partial charge in [0.25, 0.3) is 0 Å². The van der Waals surface area contributed by atoms with E-state index in [1.54, 1.807) is 14.2 Å². The number of aryl methyl sites for hydroxylation is 1. The molecule has 7 heteroatoms. The second kappa shape index (κ2) is 12.3. The Hall–Kier alpha value is -1.06. The maximum atomic E-state index is 5.66. The number of ether oxygens (including phenoxy) is 3. The lowest BCUT2D eigenvalue weighted by atomic mass is 10.0. The van der Waals surface area contributed by atoms with Crippen LogP contribution in [0.2, 0.25) is 0 Å². The molecule has 1 aliphatic rings. The molecule has 2 N–H and O–H groups in total. The van der Waals surface area contributed by atoms with Gasteiger partial charge in [-0.15, -0.1) is 24.0 Å². The molecule has 0 spiro atoms. The molecular weight excluding hydrogens is 445 g/mol. The molecule has 1 aromatic carbocycles. The minimum atomic E-state index is 0. The van der Waals surface area contributed by atoms with Crippen molar-refractivity contribution in [3.8, 4) is 5.75 Å². The van der Waals surface area contributed by atoms with Crippen LogP contribution in [0.3, 0.4) is 0 Å². The zero-order chi connectivity index (χ0) is 18.1. The molecule has 0 bridgehead atoms. The highest BCUT2D eigenvalue weighted by molar-refractivity contribution is 14.0. The van der Waals surface area contributed by atoms with E-state index in [0.717, 1.165) is 36.7 Å². The number of hydrogen-bond acceptors (Lipinski definition) is 4. The number of hydrogen-bond donors (Lipinski definition) is 2. The molecule has 1 aromatic rings. The SMILES string of the molecule is CN=C(NCCOCC1CCCO1)NC(C)c1cc(C)ccc1OC.I. The summed E-state index contributed by atoms with van der Waals surface area (Å²) in [5, 5.41) is 6.68. The number of halogens is 1. The first-order valence-corrected chi connectivity index (χ1v) is 8.95. The fourth-order valence-electron chi connectivity index (χ4n) is 2.90. The Kier molecular flexibility index (Phi) is 10.9. The fourth-order valence-corrected chi connectivity index (χ4v) is 2.90. The van der Waals surface area contributed by atoms with Gasteiger partial charge >= 0.3 is 0 Å². The molecular formula is C19H32IN3O3. The zero-order valence-corrected chi connectivity index (χ0v) is 18.5. The maximum Gasteiger partial charge on any atom is 0.191 e. The Morgan fingerprint density at radius 3 is 2.88 bits per heavy atom. The van der Waals surface area contributed by atoms with E-state index < -0.39 is 0 Å². The summed E-state index contributed by atoms with van der Waals surface area (Å²) in [6.45, 7) is 7.03. The van der Waals surface area contributed by atoms with Crippen LogP contribution in [0.1, 0.15) is 36.9 Å². The summed E-state index contributed by atoms with van der Waals surface area (Å²) in [6.07, 6.45) is 2.52. The van der Waals surface area contributed by atoms with E-state index in [0.29, 0.717) is 19.8 Å². The molecule has 1 heterocycles. The molecule has 0 saturated carbocycles. The van der Waals surface area contributed by atoms with Crippen molar-refractivity contribution in [2.45, 2.75) is 38.8 Å². The molecule has 2 unspecified atom stereocenters. The third-order valence-electron chi connectivity index (χ3n) is 4.30. The topological polar surface area (TPSA) is 64.1 Å². The van der Waals surface area contributed by atoms with Crippen LogP contribution in [-0.2, 0) is 9.47 Å². The van der Waals surface area contributed by atoms with E-state index in [9.17, 15) is 0 Å². The van der Waals surface area contributed by atoms with Crippen molar-refractivity contribution in [2.24, 2.45) is 4.99 Å². The average molecular weight is 477 g/mol. The Morgan fingerprint density at radius 1 is 1.42 bits per heavy atom. The van der Waals surface area contributed by atoms with E-state index in [4.69, 9.17) is 14.2 Å². The van der Waals surface area contributed by atoms with Gasteiger partial charge < -0.3 is 24.8 Å². The molecule has 1 fully saturated rings. The van der Waals surface area contributed by atoms with Gasteiger partial charge in [-0.2, -0.15) is 0 Å². The van der Waals surface area contributed by atoms with Crippen molar-refractivity contribution in [1.82, 2.24) is 10.6 Å². The molecule has 2 atom stereocenters. The molecule has 1 saturated heterocycles. The first-order valence-electron chi connectivity index (χ1n) is 8.95. The van der Waals surface area contributed by atoms with Crippen molar-refractivity contribution in [1.29, 1.82) is 0 Å². The monoisotopic (exact) mass is 477 g/mol. The number of rotatable bonds is 8. The lowest BCUT2D eigenvalue weighted by Crippen LogP contribution is -2.40. The third-order valence-corrected chi connectivity index (χ3v) is 4.30. The summed E-state index contributed by atoms with van der Waals surface area (Å²) >= 11 is 0. The maximum absolute atomic E-state index is 5.66. The van der Waals surface area contributed by atoms with Crippen molar-refractivity contribution >= 4 is 29.9 Å². The van der Waals surface area contributed by atoms with Gasteiger partial charge in [-0.1, -0.05) is 17.7 Å². The molecule has 1 aliphatic heterocycles. The number of benzene rings is 1. The molecule has 0 radical (unpaired) electrons. The lowest BCUT2D eigenvalue weighted by Gasteiger charge is -2.21. The van der Waals surface area contributed by atoms with Gasteiger partial charge in [0.1, 0.15) is 5.75 Å². The highest BCUT2D eigenvalue weighted by Gasteiger charge is 2.15. The van der Waals surface area contributed by atoms with Gasteiger partial charge in [0, 0.05) is 25.8 Å². The number of methoxy groups -OCH3 is 1. The molecule has 26 heavy (non-hydrogen) atoms. The van der Waals surface area contributed by atoms with Gasteiger partial charge in [0.05, 0.1) is 32.5 Å². The molecule has 0 aliphatic carbocycles. The van der Waals surface area contributed by atoms with E-state index >= 15 is 0 Å². The second-order valence-corrected chi connectivity index (χ2v) is 6.32. The Balaban J connectivity index is 0.00000338. The van der Waals surface area contributed by atoms with Crippen LogP contribution >= 0.6 is 24.0 Å². The van der Waals surface area contributed by atoms with E-state index in [2.05, 4.69) is 35.5 Å². The number of aliphatic imine (C=N–C) groups is 1. The van der Waals surface area contributed by atoms with Gasteiger partial charge in [0.15, 0.2) is 5.96 Å². The van der Waals surface area contributed by atoms with Crippen LogP contribution < -0.4 is 15.4 Å². The number of nitrogens with zero attached hydrogens (tertiary/aromatic N) is 1. The first kappa shape index (κ1) is 23.0. The normalized spacial score (nSPS) is 18.2. The average Bonchev–Trinajstić information content (AvgIpc) is 3.13. The molecule has 148 valence electrons. The van der Waals surface area contributed by atoms with Crippen LogP contribution in [0, 0.1) is 6.92 Å². The Morgan fingerprint density at radius 2 is 2.23 bits per heavy atom. The molecule has 0 amide bonds. The smallest absolute Gasteiger partial charge is 0.191 e. The summed E-state index contributed by atoms with van der Waals surface area (Å²) in [6, 6.07) is 6.26. The highest BCUT2D eigenvalue weighted by Crippen LogP contribution is 2.25. The molecule has 6 nitrogen and oxygen atoms in total. The fraction of sp³-hybridized carbons (Fsp3) is 0.632. The van der Waals surface area contributed by atoms with Crippen LogP contribution in [0.4, 0.5) is 0 Å². The van der Waals surface area contributed by atoms with E-state index in [1.807, 2.05) is 12.1 Å². The van der Waals surface area contributed by atoms with Crippen molar-refractivity contribution in [3.05, 3.63) is 29.3 Å². The van der Waals surface area contributed by atoms with Gasteiger partial charge in [-0.3, -0.25) is 4.99 Å². The van der Waals surface area contributed by atoms with Crippen molar-refractivity contribution < 1.29 is 14.2 Å². The van der Waals surface area contributed by atoms with Gasteiger partial charge in [-0.05, 0) is 32.8 Å². The minimum Gasteiger partial charge on any atom is -0.496 e. The second-order valence-electron chi connectivity index (χ2n) is 6.32. The third kappa shape index (κ3) is 7.28. The standard InChI is InChI=1S/C19H31N3O3.HI/c1-14-7-8-18(23-4)17(12-14)15(2)22-19(20-3)21-9-11-24-13-16-6-5-10-25-16;/h7-8,12,15-16H,5-6,9-11,13H2,1-4H3,(H2,20,21,22);1H. The highest BCUT2D eigenvalue weighted by atomic mass is 127. The van der Waals surface area contributed by atoms with Crippen LogP contribution in [0.5, 0.6) is 5.75 Å². The lowest BCUT2D eigenvalue weighted by molar-refractivity contribution is 0.0191. The quantitative estimate of drug-likeness (QED) is 0.261. The Bertz CT molecular complexity index is 563. The minimum absolute atomic E-state index is 0. The summed E-state index contributed by atoms with van der Waals surface area (Å²) in [5.74, 6) is 1.62. The van der Waals surface area contributed by atoms with Crippen molar-refractivity contribution in [2.75, 3.05) is 40.5 Å². The largest absolute Gasteiger partial charge is 0.496 e. The Labute approximate surface area is 174 Å². The van der Waals surface area contributed by atoms with E-state index in [-0.39, 0.29) is 36.1 Å². The summed E-state index contributed by atoms with van der Waals surface area (Å²) in [4.78, 5) is 4.28. The van der Waals surface area contributed by atoms with Crippen LogP contribution in [-0.4, -0.2) is 52.6 Å². The molecule has 0 aromatic heterocycles. The predicted octanol–water partition coefficient (Wildman–Crippen LogP) is 3.04. The van der Waals surface area contributed by atoms with Gasteiger partial charge in [0.2, 0.25) is 0 Å². The molecule has 2 rings (SSSR count). The summed E-state index contributed by atoms with van der Waals surface area (Å²) < 4.78 is 16.7. The zero-order valence-electron chi connectivity index (χ0n) is 16.2. The van der Waals surface area contributed by atoms with Crippen LogP contribution in [0.15, 0.2) is 23.2 Å². The summed E-state index contributed by atoms with van der Waals surface area (Å²) in [5.41, 5.74) is 2.31. The van der Waals surface area contributed by atoms with E-state index in [1.165, 1.54) is 5.56 Å².